The van der Waals surface area contributed by atoms with Crippen LogP contribution in [0.1, 0.15) is 57.8 Å². The lowest BCUT2D eigenvalue weighted by Gasteiger charge is -2.30. The fourth-order valence-electron chi connectivity index (χ4n) is 2.94. The summed E-state index contributed by atoms with van der Waals surface area (Å²) in [7, 11) is 0. The van der Waals surface area contributed by atoms with Gasteiger partial charge in [0.2, 0.25) is 5.91 Å². The molecule has 2 aliphatic carbocycles. The molecule has 4 nitrogen and oxygen atoms in total. The number of carboxylic acids is 1. The zero-order valence-electron chi connectivity index (χ0n) is 10.9. The highest BCUT2D eigenvalue weighted by Gasteiger charge is 2.39. The zero-order valence-corrected chi connectivity index (χ0v) is 10.9. The van der Waals surface area contributed by atoms with Gasteiger partial charge in [0, 0.05) is 12.5 Å². The normalized spacial score (nSPS) is 23.8. The predicted molar refractivity (Wildman–Crippen MR) is 68.1 cm³/mol. The van der Waals surface area contributed by atoms with Gasteiger partial charge in [-0.15, -0.1) is 0 Å². The average Bonchev–Trinajstić information content (AvgIpc) is 2.50. The monoisotopic (exact) mass is 253 g/mol. The molecule has 0 bridgehead atoms. The quantitative estimate of drug-likeness (QED) is 0.756. The molecule has 0 heterocycles. The Morgan fingerprint density at radius 3 is 2.11 bits per heavy atom. The first-order chi connectivity index (χ1) is 8.64. The van der Waals surface area contributed by atoms with Gasteiger partial charge in [-0.3, -0.25) is 9.59 Å². The maximum atomic E-state index is 11.8. The maximum Gasteiger partial charge on any atom is 0.311 e. The van der Waals surface area contributed by atoms with Crippen molar-refractivity contribution >= 4 is 11.9 Å². The molecule has 1 amide bonds. The molecule has 2 N–H and O–H groups in total. The molecule has 0 spiro atoms. The van der Waals surface area contributed by atoms with E-state index in [1.165, 1.54) is 0 Å². The van der Waals surface area contributed by atoms with E-state index in [0.717, 1.165) is 44.9 Å². The van der Waals surface area contributed by atoms with Crippen LogP contribution in [0.4, 0.5) is 0 Å². The molecule has 2 rings (SSSR count). The number of amides is 1. The molecule has 0 unspecified atom stereocenters. The van der Waals surface area contributed by atoms with Gasteiger partial charge in [0.25, 0.3) is 0 Å². The summed E-state index contributed by atoms with van der Waals surface area (Å²) >= 11 is 0. The smallest absolute Gasteiger partial charge is 0.311 e. The lowest BCUT2D eigenvalue weighted by atomic mass is 9.79. The number of hydrogen-bond donors (Lipinski definition) is 2. The number of carbonyl (C=O) groups is 2. The van der Waals surface area contributed by atoms with Gasteiger partial charge in [-0.05, 0) is 25.7 Å². The number of nitrogens with one attached hydrogen (secondary N) is 1. The van der Waals surface area contributed by atoms with E-state index in [9.17, 15) is 14.7 Å². The second-order valence-corrected chi connectivity index (χ2v) is 5.85. The van der Waals surface area contributed by atoms with Crippen molar-refractivity contribution in [2.75, 3.05) is 6.54 Å². The second-order valence-electron chi connectivity index (χ2n) is 5.85. The Kier molecular flexibility index (Phi) is 4.25. The molecule has 2 saturated carbocycles. The minimum atomic E-state index is -0.738. The average molecular weight is 253 g/mol. The number of aliphatic carboxylic acids is 1. The van der Waals surface area contributed by atoms with E-state index in [1.54, 1.807) is 0 Å². The maximum absolute atomic E-state index is 11.8. The highest BCUT2D eigenvalue weighted by Crippen LogP contribution is 2.35. The van der Waals surface area contributed by atoms with Gasteiger partial charge in [-0.1, -0.05) is 32.1 Å². The van der Waals surface area contributed by atoms with Crippen molar-refractivity contribution in [3.05, 3.63) is 0 Å². The van der Waals surface area contributed by atoms with Crippen molar-refractivity contribution in [3.8, 4) is 0 Å². The third kappa shape index (κ3) is 2.85. The van der Waals surface area contributed by atoms with Gasteiger partial charge in [0.1, 0.15) is 0 Å². The topological polar surface area (TPSA) is 66.4 Å². The fraction of sp³-hybridized carbons (Fsp3) is 0.857. The largest absolute Gasteiger partial charge is 0.481 e. The van der Waals surface area contributed by atoms with E-state index in [1.807, 2.05) is 0 Å². The van der Waals surface area contributed by atoms with E-state index < -0.39 is 11.4 Å². The van der Waals surface area contributed by atoms with Gasteiger partial charge < -0.3 is 10.4 Å². The highest BCUT2D eigenvalue weighted by molar-refractivity contribution is 5.81. The van der Waals surface area contributed by atoms with Gasteiger partial charge in [-0.25, -0.2) is 0 Å². The Morgan fingerprint density at radius 2 is 1.67 bits per heavy atom. The lowest BCUT2D eigenvalue weighted by molar-refractivity contribution is -0.150. The first-order valence-electron chi connectivity index (χ1n) is 7.15. The molecule has 2 fully saturated rings. The van der Waals surface area contributed by atoms with Crippen LogP contribution in [0.2, 0.25) is 0 Å². The lowest BCUT2D eigenvalue weighted by Crippen LogP contribution is -2.45. The SMILES string of the molecule is O=C(NCC1(C(=O)O)CCCCCC1)C1CCC1. The number of rotatable bonds is 4. The van der Waals surface area contributed by atoms with Crippen molar-refractivity contribution in [2.45, 2.75) is 57.8 Å². The Bertz CT molecular complexity index is 315. The van der Waals surface area contributed by atoms with Crippen LogP contribution >= 0.6 is 0 Å². The van der Waals surface area contributed by atoms with Crippen LogP contribution in [-0.2, 0) is 9.59 Å². The van der Waals surface area contributed by atoms with Gasteiger partial charge in [0.05, 0.1) is 5.41 Å². The molecule has 0 atom stereocenters. The molecular formula is C14H23NO3. The Hall–Kier alpha value is -1.06. The molecule has 0 radical (unpaired) electrons. The summed E-state index contributed by atoms with van der Waals surface area (Å²) in [5, 5.41) is 12.4. The van der Waals surface area contributed by atoms with Crippen molar-refractivity contribution < 1.29 is 14.7 Å². The number of carboxylic acid groups (broad SMARTS) is 1. The van der Waals surface area contributed by atoms with E-state index in [2.05, 4.69) is 5.32 Å². The third-order valence-electron chi connectivity index (χ3n) is 4.59. The number of hydrogen-bond acceptors (Lipinski definition) is 2. The Balaban J connectivity index is 1.92. The summed E-state index contributed by atoms with van der Waals surface area (Å²) in [6.07, 6.45) is 8.62. The van der Waals surface area contributed by atoms with Crippen molar-refractivity contribution in [1.29, 1.82) is 0 Å². The summed E-state index contributed by atoms with van der Waals surface area (Å²) in [6.45, 7) is 0.317. The standard InChI is InChI=1S/C14H23NO3/c16-12(11-6-5-7-11)15-10-14(13(17)18)8-3-1-2-4-9-14/h11H,1-10H2,(H,15,16)(H,17,18). The molecular weight excluding hydrogens is 230 g/mol. The number of carbonyl (C=O) groups excluding carboxylic acids is 1. The summed E-state index contributed by atoms with van der Waals surface area (Å²) in [4.78, 5) is 23.4. The van der Waals surface area contributed by atoms with Crippen molar-refractivity contribution in [2.24, 2.45) is 11.3 Å². The van der Waals surface area contributed by atoms with E-state index in [-0.39, 0.29) is 11.8 Å². The molecule has 0 aliphatic heterocycles. The molecule has 0 aromatic rings. The van der Waals surface area contributed by atoms with Crippen LogP contribution in [-0.4, -0.2) is 23.5 Å². The van der Waals surface area contributed by atoms with Gasteiger partial charge in [0.15, 0.2) is 0 Å². The third-order valence-corrected chi connectivity index (χ3v) is 4.59. The molecule has 0 aromatic carbocycles. The molecule has 4 heteroatoms. The molecule has 0 saturated heterocycles. The van der Waals surface area contributed by atoms with Crippen molar-refractivity contribution in [3.63, 3.8) is 0 Å². The first-order valence-corrected chi connectivity index (χ1v) is 7.15. The van der Waals surface area contributed by atoms with Gasteiger partial charge >= 0.3 is 5.97 Å². The van der Waals surface area contributed by atoms with Crippen molar-refractivity contribution in [1.82, 2.24) is 5.32 Å². The Morgan fingerprint density at radius 1 is 1.06 bits per heavy atom. The van der Waals surface area contributed by atoms with Crippen LogP contribution < -0.4 is 5.32 Å². The van der Waals surface area contributed by atoms with Crippen LogP contribution in [0.25, 0.3) is 0 Å². The summed E-state index contributed by atoms with van der Waals surface area (Å²) < 4.78 is 0. The Labute approximate surface area is 108 Å². The zero-order chi connectivity index (χ0) is 13.0. The highest BCUT2D eigenvalue weighted by atomic mass is 16.4. The second kappa shape index (κ2) is 5.72. The van der Waals surface area contributed by atoms with Gasteiger partial charge in [-0.2, -0.15) is 0 Å². The first kappa shape index (κ1) is 13.4. The summed E-state index contributed by atoms with van der Waals surface area (Å²) in [5.41, 5.74) is -0.712. The van der Waals surface area contributed by atoms with Crippen LogP contribution in [0.15, 0.2) is 0 Å². The van der Waals surface area contributed by atoms with Crippen LogP contribution in [0, 0.1) is 11.3 Å². The van der Waals surface area contributed by atoms with Crippen LogP contribution in [0.3, 0.4) is 0 Å². The fourth-order valence-corrected chi connectivity index (χ4v) is 2.94. The molecule has 102 valence electrons. The molecule has 2 aliphatic rings. The van der Waals surface area contributed by atoms with Crippen LogP contribution in [0.5, 0.6) is 0 Å². The molecule has 0 aromatic heterocycles. The van der Waals surface area contributed by atoms with E-state index >= 15 is 0 Å². The van der Waals surface area contributed by atoms with E-state index in [0.29, 0.717) is 19.4 Å². The summed E-state index contributed by atoms with van der Waals surface area (Å²) in [5.74, 6) is -0.536. The molecule has 18 heavy (non-hydrogen) atoms. The minimum absolute atomic E-state index is 0.0612. The predicted octanol–water partition coefficient (Wildman–Crippen LogP) is 2.33. The van der Waals surface area contributed by atoms with E-state index in [4.69, 9.17) is 0 Å². The summed E-state index contributed by atoms with van der Waals surface area (Å²) in [6, 6.07) is 0. The minimum Gasteiger partial charge on any atom is -0.481 e.